The predicted octanol–water partition coefficient (Wildman–Crippen LogP) is 4.78. The van der Waals surface area contributed by atoms with Crippen molar-refractivity contribution in [1.82, 2.24) is 4.98 Å². The van der Waals surface area contributed by atoms with Crippen LogP contribution in [0.25, 0.3) is 21.5 Å². The summed E-state index contributed by atoms with van der Waals surface area (Å²) in [7, 11) is 0. The lowest BCUT2D eigenvalue weighted by Gasteiger charge is -2.28. The van der Waals surface area contributed by atoms with E-state index in [1.165, 1.54) is 5.56 Å². The molecule has 1 aromatic carbocycles. The number of fused-ring (bicyclic) bond motifs is 2. The number of pyridine rings is 1. The van der Waals surface area contributed by atoms with Gasteiger partial charge in [0.15, 0.2) is 0 Å². The first-order chi connectivity index (χ1) is 16.9. The van der Waals surface area contributed by atoms with Gasteiger partial charge in [0.1, 0.15) is 11.9 Å². The molecular weight excluding hydrogens is 456 g/mol. The van der Waals surface area contributed by atoms with E-state index < -0.39 is 0 Å². The van der Waals surface area contributed by atoms with Crippen molar-refractivity contribution < 1.29 is 9.39 Å². The number of amidine groups is 1. The van der Waals surface area contributed by atoms with E-state index in [9.17, 15) is 4.79 Å². The van der Waals surface area contributed by atoms with Crippen LogP contribution in [-0.2, 0) is 4.79 Å². The topological polar surface area (TPSA) is 107 Å². The number of primary amides is 1. The van der Waals surface area contributed by atoms with Crippen LogP contribution in [0.5, 0.6) is 0 Å². The Labute approximate surface area is 207 Å². The predicted molar refractivity (Wildman–Crippen MR) is 140 cm³/mol. The van der Waals surface area contributed by atoms with Crippen molar-refractivity contribution in [2.75, 3.05) is 0 Å². The van der Waals surface area contributed by atoms with E-state index in [2.05, 4.69) is 47.6 Å². The highest BCUT2D eigenvalue weighted by molar-refractivity contribution is 7.13. The van der Waals surface area contributed by atoms with Gasteiger partial charge in [0.05, 0.1) is 34.1 Å². The molecule has 1 aliphatic carbocycles. The van der Waals surface area contributed by atoms with Crippen molar-refractivity contribution in [3.05, 3.63) is 76.7 Å². The quantitative estimate of drug-likeness (QED) is 0.412. The van der Waals surface area contributed by atoms with E-state index in [1.54, 1.807) is 17.5 Å². The molecule has 1 fully saturated rings. The molecule has 0 saturated heterocycles. The second kappa shape index (κ2) is 8.34. The van der Waals surface area contributed by atoms with Crippen molar-refractivity contribution in [3.8, 4) is 10.6 Å². The molecule has 176 valence electrons. The maximum Gasteiger partial charge on any atom is 0.264 e. The average molecular weight is 484 g/mol. The number of amides is 1. The molecule has 1 amide bonds. The third-order valence-corrected chi connectivity index (χ3v) is 8.28. The molecule has 8 heteroatoms. The molecule has 3 aliphatic rings. The number of hydrogen-bond acceptors (Lipinski definition) is 6. The van der Waals surface area contributed by atoms with Gasteiger partial charge in [0, 0.05) is 17.2 Å². The van der Waals surface area contributed by atoms with Crippen molar-refractivity contribution in [2.45, 2.75) is 32.6 Å². The summed E-state index contributed by atoms with van der Waals surface area (Å²) in [5.41, 5.74) is 11.4. The highest BCUT2D eigenvalue weighted by atomic mass is 32.1. The maximum absolute atomic E-state index is 11.7. The number of aryl methyl sites for hydroxylation is 1. The van der Waals surface area contributed by atoms with Gasteiger partial charge in [0.2, 0.25) is 11.6 Å². The standard InChI is InChI=1S/C27H26N6OS/c1-16-13-22(24-3-2-12-35-24)31-21-14-19(8-9-20(16)21)27-32-25(23-15-30-10-11-33(23,27)29)17-4-6-18(7-5-17)26(28)34/h2-3,8-15,17-18H,4-7,29H2,1H3,(H-,28,34)/p+1. The Morgan fingerprint density at radius 2 is 1.97 bits per heavy atom. The summed E-state index contributed by atoms with van der Waals surface area (Å²) in [5, 5.41) is 3.18. The first-order valence-corrected chi connectivity index (χ1v) is 12.8. The van der Waals surface area contributed by atoms with Gasteiger partial charge in [-0.2, -0.15) is 10.8 Å². The monoisotopic (exact) mass is 483 g/mol. The van der Waals surface area contributed by atoms with E-state index in [0.29, 0.717) is 0 Å². The maximum atomic E-state index is 11.7. The molecule has 7 nitrogen and oxygen atoms in total. The third-order valence-electron chi connectivity index (χ3n) is 7.39. The minimum absolute atomic E-state index is 0.0102. The molecule has 35 heavy (non-hydrogen) atoms. The average Bonchev–Trinajstić information content (AvgIpc) is 3.50. The smallest absolute Gasteiger partial charge is 0.264 e. The molecule has 1 unspecified atom stereocenters. The van der Waals surface area contributed by atoms with Crippen LogP contribution in [0, 0.1) is 18.8 Å². The largest absolute Gasteiger partial charge is 0.369 e. The number of quaternary nitrogens is 1. The number of carbonyl (C=O) groups excluding carboxylic acids is 1. The van der Waals surface area contributed by atoms with Crippen LogP contribution in [0.4, 0.5) is 0 Å². The number of carbonyl (C=O) groups is 1. The van der Waals surface area contributed by atoms with E-state index in [-0.39, 0.29) is 22.3 Å². The van der Waals surface area contributed by atoms with Gasteiger partial charge in [-0.3, -0.25) is 9.79 Å². The number of thiophene rings is 1. The third kappa shape index (κ3) is 3.65. The summed E-state index contributed by atoms with van der Waals surface area (Å²) in [4.78, 5) is 27.3. The zero-order valence-corrected chi connectivity index (χ0v) is 20.3. The van der Waals surface area contributed by atoms with Gasteiger partial charge in [-0.05, 0) is 67.8 Å². The Hall–Kier alpha value is -3.46. The van der Waals surface area contributed by atoms with Gasteiger partial charge in [0.25, 0.3) is 5.84 Å². The van der Waals surface area contributed by atoms with Crippen LogP contribution in [0.15, 0.2) is 75.6 Å². The van der Waals surface area contributed by atoms with Crippen LogP contribution in [-0.4, -0.2) is 27.5 Å². The van der Waals surface area contributed by atoms with Crippen LogP contribution >= 0.6 is 11.3 Å². The summed E-state index contributed by atoms with van der Waals surface area (Å²) in [6.45, 7) is 2.12. The number of allylic oxidation sites excluding steroid dienone is 2. The van der Waals surface area contributed by atoms with Crippen molar-refractivity contribution >= 4 is 40.2 Å². The lowest BCUT2D eigenvalue weighted by atomic mass is 9.80. The molecule has 4 heterocycles. The van der Waals surface area contributed by atoms with E-state index in [4.69, 9.17) is 21.6 Å². The Morgan fingerprint density at radius 1 is 1.14 bits per heavy atom. The van der Waals surface area contributed by atoms with E-state index in [0.717, 1.165) is 70.0 Å². The molecule has 3 aromatic rings. The fraction of sp³-hybridized carbons (Fsp3) is 0.259. The number of aliphatic imine (C=N–C) groups is 2. The summed E-state index contributed by atoms with van der Waals surface area (Å²) < 4.78 is -0.0102. The van der Waals surface area contributed by atoms with Gasteiger partial charge >= 0.3 is 0 Å². The normalized spacial score (nSPS) is 25.7. The zero-order valence-electron chi connectivity index (χ0n) is 19.5. The number of rotatable bonds is 4. The van der Waals surface area contributed by atoms with Crippen LogP contribution in [0.2, 0.25) is 0 Å². The summed E-state index contributed by atoms with van der Waals surface area (Å²) in [5.74, 6) is 7.70. The van der Waals surface area contributed by atoms with E-state index >= 15 is 0 Å². The fourth-order valence-electron chi connectivity index (χ4n) is 5.45. The second-order valence-corrected chi connectivity index (χ2v) is 10.5. The number of hydrogen-bond donors (Lipinski definition) is 2. The van der Waals surface area contributed by atoms with Crippen LogP contribution < -0.4 is 11.6 Å². The van der Waals surface area contributed by atoms with Crippen molar-refractivity contribution in [3.63, 3.8) is 0 Å². The Kier molecular flexibility index (Phi) is 5.25. The molecular formula is C27H27N6OS+. The second-order valence-electron chi connectivity index (χ2n) is 9.54. The summed E-state index contributed by atoms with van der Waals surface area (Å²) >= 11 is 1.69. The zero-order chi connectivity index (χ0) is 24.2. The van der Waals surface area contributed by atoms with Gasteiger partial charge in [-0.1, -0.05) is 12.1 Å². The fourth-order valence-corrected chi connectivity index (χ4v) is 6.14. The van der Waals surface area contributed by atoms with Gasteiger partial charge in [-0.15, -0.1) is 15.9 Å². The molecule has 1 atom stereocenters. The lowest BCUT2D eigenvalue weighted by Crippen LogP contribution is -2.53. The SMILES string of the molecule is Cc1cc(-c2cccs2)nc2cc(C3=NC(C4CCC(C(N)=O)CC4)=C4C=NC=C[N+]34N)ccc12. The Bertz CT molecular complexity index is 1460. The number of aromatic nitrogens is 1. The molecule has 1 saturated carbocycles. The first kappa shape index (κ1) is 22.0. The van der Waals surface area contributed by atoms with Crippen molar-refractivity contribution in [1.29, 1.82) is 0 Å². The minimum Gasteiger partial charge on any atom is -0.369 e. The highest BCUT2D eigenvalue weighted by Gasteiger charge is 2.46. The molecule has 2 aromatic heterocycles. The number of nitrogens with two attached hydrogens (primary N) is 2. The molecule has 0 radical (unpaired) electrons. The molecule has 2 aliphatic heterocycles. The Balaban J connectivity index is 1.41. The minimum atomic E-state index is -0.205. The van der Waals surface area contributed by atoms with E-state index in [1.807, 2.05) is 18.5 Å². The van der Waals surface area contributed by atoms with Gasteiger partial charge < -0.3 is 5.73 Å². The van der Waals surface area contributed by atoms with Crippen molar-refractivity contribution in [2.24, 2.45) is 33.4 Å². The highest BCUT2D eigenvalue weighted by Crippen LogP contribution is 2.41. The molecule has 6 rings (SSSR count). The summed E-state index contributed by atoms with van der Waals surface area (Å²) in [6, 6.07) is 12.6. The van der Waals surface area contributed by atoms with Crippen LogP contribution in [0.1, 0.15) is 36.8 Å². The number of benzene rings is 1. The molecule has 0 bridgehead atoms. The molecule has 4 N–H and O–H groups in total. The molecule has 0 spiro atoms. The summed E-state index contributed by atoms with van der Waals surface area (Å²) in [6.07, 6.45) is 8.72. The Morgan fingerprint density at radius 3 is 2.71 bits per heavy atom. The van der Waals surface area contributed by atoms with Gasteiger partial charge in [-0.25, -0.2) is 4.98 Å². The first-order valence-electron chi connectivity index (χ1n) is 11.9. The lowest BCUT2D eigenvalue weighted by molar-refractivity contribution is -0.750. The van der Waals surface area contributed by atoms with Crippen LogP contribution in [0.3, 0.4) is 0 Å². The number of nitrogens with zero attached hydrogens (tertiary/aromatic N) is 4.